The van der Waals surface area contributed by atoms with Crippen molar-refractivity contribution in [3.8, 4) is 0 Å². The Morgan fingerprint density at radius 2 is 2.14 bits per heavy atom. The zero-order valence-electron chi connectivity index (χ0n) is 11.3. The molecule has 7 nitrogen and oxygen atoms in total. The van der Waals surface area contributed by atoms with Crippen molar-refractivity contribution in [1.82, 2.24) is 15.2 Å². The van der Waals surface area contributed by atoms with Gasteiger partial charge >= 0.3 is 0 Å². The monoisotopic (exact) mass is 283 g/mol. The van der Waals surface area contributed by atoms with Crippen molar-refractivity contribution in [2.45, 2.75) is 13.5 Å². The van der Waals surface area contributed by atoms with Crippen LogP contribution in [0.5, 0.6) is 0 Å². The number of aromatic nitrogens is 3. The molecule has 0 saturated carbocycles. The standard InChI is InChI=1S/C14H13N5O2/c1-9-10(7-17-18-9)6-16-13-2-3-14(19(20)21)11-4-5-15-8-12(11)13/h2-5,7-8,16H,6H2,1H3,(H,17,18). The largest absolute Gasteiger partial charge is 0.380 e. The maximum Gasteiger partial charge on any atom is 0.277 e. The number of benzene rings is 1. The van der Waals surface area contributed by atoms with Crippen LogP contribution in [0.1, 0.15) is 11.3 Å². The Morgan fingerprint density at radius 1 is 1.29 bits per heavy atom. The summed E-state index contributed by atoms with van der Waals surface area (Å²) in [6.45, 7) is 2.53. The number of fused-ring (bicyclic) bond motifs is 1. The van der Waals surface area contributed by atoms with E-state index in [0.29, 0.717) is 11.9 Å². The Labute approximate surface area is 120 Å². The van der Waals surface area contributed by atoms with Crippen LogP contribution in [-0.4, -0.2) is 20.1 Å². The van der Waals surface area contributed by atoms with Crippen LogP contribution in [0.25, 0.3) is 10.8 Å². The summed E-state index contributed by atoms with van der Waals surface area (Å²) in [7, 11) is 0. The summed E-state index contributed by atoms with van der Waals surface area (Å²) in [4.78, 5) is 14.7. The Hall–Kier alpha value is -2.96. The lowest BCUT2D eigenvalue weighted by Crippen LogP contribution is -2.01. The van der Waals surface area contributed by atoms with Crippen molar-refractivity contribution in [2.24, 2.45) is 0 Å². The van der Waals surface area contributed by atoms with Gasteiger partial charge in [-0.2, -0.15) is 5.10 Å². The number of aryl methyl sites for hydroxylation is 1. The number of nitro groups is 1. The third kappa shape index (κ3) is 2.40. The number of aromatic amines is 1. The minimum absolute atomic E-state index is 0.0810. The van der Waals surface area contributed by atoms with Crippen molar-refractivity contribution >= 4 is 22.1 Å². The first kappa shape index (κ1) is 13.0. The Morgan fingerprint density at radius 3 is 2.86 bits per heavy atom. The smallest absolute Gasteiger partial charge is 0.277 e. The van der Waals surface area contributed by atoms with E-state index in [4.69, 9.17) is 0 Å². The van der Waals surface area contributed by atoms with E-state index in [9.17, 15) is 10.1 Å². The number of nitrogens with one attached hydrogen (secondary N) is 2. The summed E-state index contributed by atoms with van der Waals surface area (Å²) < 4.78 is 0. The highest BCUT2D eigenvalue weighted by atomic mass is 16.6. The number of anilines is 1. The van der Waals surface area contributed by atoms with Crippen LogP contribution in [-0.2, 0) is 6.54 Å². The number of H-pyrrole nitrogens is 1. The van der Waals surface area contributed by atoms with Gasteiger partial charge in [-0.15, -0.1) is 0 Å². The highest BCUT2D eigenvalue weighted by molar-refractivity contribution is 5.99. The van der Waals surface area contributed by atoms with Gasteiger partial charge in [0.05, 0.1) is 16.5 Å². The van der Waals surface area contributed by atoms with Crippen LogP contribution < -0.4 is 5.32 Å². The average molecular weight is 283 g/mol. The maximum atomic E-state index is 11.1. The van der Waals surface area contributed by atoms with Crippen LogP contribution >= 0.6 is 0 Å². The predicted octanol–water partition coefficient (Wildman–Crippen LogP) is 2.79. The Bertz CT molecular complexity index is 812. The molecule has 7 heteroatoms. The van der Waals surface area contributed by atoms with Crippen LogP contribution in [0.2, 0.25) is 0 Å². The molecule has 0 aliphatic carbocycles. The van der Waals surface area contributed by atoms with Gasteiger partial charge in [-0.25, -0.2) is 0 Å². The summed E-state index contributed by atoms with van der Waals surface area (Å²) in [6, 6.07) is 4.87. The molecule has 0 bridgehead atoms. The highest BCUT2D eigenvalue weighted by Gasteiger charge is 2.14. The second kappa shape index (κ2) is 5.20. The number of hydrogen-bond acceptors (Lipinski definition) is 5. The van der Waals surface area contributed by atoms with Crippen LogP contribution in [0.4, 0.5) is 11.4 Å². The van der Waals surface area contributed by atoms with E-state index in [1.807, 2.05) is 6.92 Å². The molecule has 0 aliphatic heterocycles. The first-order valence-corrected chi connectivity index (χ1v) is 6.40. The van der Waals surface area contributed by atoms with Gasteiger partial charge in [-0.1, -0.05) is 0 Å². The molecule has 0 atom stereocenters. The summed E-state index contributed by atoms with van der Waals surface area (Å²) in [5.74, 6) is 0. The molecule has 0 spiro atoms. The predicted molar refractivity (Wildman–Crippen MR) is 79.0 cm³/mol. The Kier molecular flexibility index (Phi) is 3.23. The third-order valence-corrected chi connectivity index (χ3v) is 3.40. The molecule has 0 saturated heterocycles. The molecule has 0 amide bonds. The lowest BCUT2D eigenvalue weighted by atomic mass is 10.1. The summed E-state index contributed by atoms with van der Waals surface area (Å²) in [5.41, 5.74) is 2.93. The molecule has 3 rings (SSSR count). The van der Waals surface area contributed by atoms with Gasteiger partial charge in [0, 0.05) is 47.3 Å². The van der Waals surface area contributed by atoms with Crippen LogP contribution in [0.3, 0.4) is 0 Å². The van der Waals surface area contributed by atoms with Crippen molar-refractivity contribution in [2.75, 3.05) is 5.32 Å². The van der Waals surface area contributed by atoms with Gasteiger partial charge in [-0.3, -0.25) is 20.2 Å². The molecule has 1 aromatic carbocycles. The normalized spacial score (nSPS) is 10.7. The van der Waals surface area contributed by atoms with E-state index in [1.54, 1.807) is 30.7 Å². The van der Waals surface area contributed by atoms with Gasteiger partial charge in [0.25, 0.3) is 5.69 Å². The minimum atomic E-state index is -0.383. The first-order valence-electron chi connectivity index (χ1n) is 6.40. The SMILES string of the molecule is Cc1[nH]ncc1CNc1ccc([N+](=O)[O-])c2ccncc12. The van der Waals surface area contributed by atoms with E-state index >= 15 is 0 Å². The molecular formula is C14H13N5O2. The lowest BCUT2D eigenvalue weighted by Gasteiger charge is -2.09. The summed E-state index contributed by atoms with van der Waals surface area (Å²) >= 11 is 0. The zero-order chi connectivity index (χ0) is 14.8. The molecule has 2 heterocycles. The molecule has 2 aromatic heterocycles. The summed E-state index contributed by atoms with van der Waals surface area (Å²) in [6.07, 6.45) is 4.94. The number of non-ortho nitro benzene ring substituents is 1. The number of nitrogens with zero attached hydrogens (tertiary/aromatic N) is 3. The summed E-state index contributed by atoms with van der Waals surface area (Å²) in [5, 5.41) is 22.5. The molecule has 106 valence electrons. The molecule has 0 unspecified atom stereocenters. The number of rotatable bonds is 4. The first-order chi connectivity index (χ1) is 10.2. The molecule has 0 fully saturated rings. The van der Waals surface area contributed by atoms with Gasteiger partial charge in [0.2, 0.25) is 0 Å². The van der Waals surface area contributed by atoms with Crippen molar-refractivity contribution in [3.63, 3.8) is 0 Å². The number of pyridine rings is 1. The van der Waals surface area contributed by atoms with Crippen LogP contribution in [0, 0.1) is 17.0 Å². The van der Waals surface area contributed by atoms with Gasteiger partial charge in [0.15, 0.2) is 0 Å². The third-order valence-electron chi connectivity index (χ3n) is 3.40. The van der Waals surface area contributed by atoms with E-state index in [0.717, 1.165) is 22.3 Å². The van der Waals surface area contributed by atoms with Gasteiger partial charge in [-0.05, 0) is 19.1 Å². The fourth-order valence-electron chi connectivity index (χ4n) is 2.23. The quantitative estimate of drug-likeness (QED) is 0.567. The molecule has 2 N–H and O–H groups in total. The van der Waals surface area contributed by atoms with E-state index in [1.165, 1.54) is 6.07 Å². The van der Waals surface area contributed by atoms with Gasteiger partial charge in [0.1, 0.15) is 0 Å². The minimum Gasteiger partial charge on any atom is -0.380 e. The molecule has 0 aliphatic rings. The second-order valence-electron chi connectivity index (χ2n) is 4.68. The molecule has 21 heavy (non-hydrogen) atoms. The fraction of sp³-hybridized carbons (Fsp3) is 0.143. The van der Waals surface area contributed by atoms with Crippen molar-refractivity contribution < 1.29 is 4.92 Å². The topological polar surface area (TPSA) is 96.7 Å². The van der Waals surface area contributed by atoms with Crippen LogP contribution in [0.15, 0.2) is 36.8 Å². The maximum absolute atomic E-state index is 11.1. The molecule has 3 aromatic rings. The second-order valence-corrected chi connectivity index (χ2v) is 4.68. The molecular weight excluding hydrogens is 270 g/mol. The van der Waals surface area contributed by atoms with E-state index in [2.05, 4.69) is 20.5 Å². The van der Waals surface area contributed by atoms with E-state index < -0.39 is 0 Å². The van der Waals surface area contributed by atoms with E-state index in [-0.39, 0.29) is 10.6 Å². The lowest BCUT2D eigenvalue weighted by molar-refractivity contribution is -0.383. The zero-order valence-corrected chi connectivity index (χ0v) is 11.3. The fourth-order valence-corrected chi connectivity index (χ4v) is 2.23. The average Bonchev–Trinajstić information content (AvgIpc) is 2.89. The highest BCUT2D eigenvalue weighted by Crippen LogP contribution is 2.30. The number of hydrogen-bond donors (Lipinski definition) is 2. The van der Waals surface area contributed by atoms with Crippen molar-refractivity contribution in [1.29, 1.82) is 0 Å². The number of nitro benzene ring substituents is 1. The Balaban J connectivity index is 1.98. The van der Waals surface area contributed by atoms with Gasteiger partial charge < -0.3 is 5.32 Å². The van der Waals surface area contributed by atoms with Crippen molar-refractivity contribution in [3.05, 3.63) is 58.2 Å². The molecule has 0 radical (unpaired) electrons.